The van der Waals surface area contributed by atoms with Crippen molar-refractivity contribution in [2.45, 2.75) is 26.3 Å². The molecule has 0 atom stereocenters. The lowest BCUT2D eigenvalue weighted by Crippen LogP contribution is -2.23. The van der Waals surface area contributed by atoms with E-state index < -0.39 is 0 Å². The molecule has 8 heteroatoms. The number of carbonyl (C=O) groups excluding carboxylic acids is 1. The number of nitrogens with one attached hydrogen (secondary N) is 1. The van der Waals surface area contributed by atoms with Crippen molar-refractivity contribution in [1.82, 2.24) is 15.3 Å². The predicted molar refractivity (Wildman–Crippen MR) is 129 cm³/mol. The van der Waals surface area contributed by atoms with Crippen LogP contribution in [-0.4, -0.2) is 22.5 Å². The van der Waals surface area contributed by atoms with Crippen LogP contribution in [0.1, 0.15) is 24.8 Å². The van der Waals surface area contributed by atoms with Crippen molar-refractivity contribution in [2.75, 3.05) is 6.61 Å². The summed E-state index contributed by atoms with van der Waals surface area (Å²) in [5, 5.41) is 3.47. The summed E-state index contributed by atoms with van der Waals surface area (Å²) in [7, 11) is 0. The maximum Gasteiger partial charge on any atom is 0.220 e. The number of para-hydroxylation sites is 2. The molecule has 2 aromatic heterocycles. The topological polar surface area (TPSA) is 86.5 Å². The summed E-state index contributed by atoms with van der Waals surface area (Å²) in [5.74, 6) is 2.66. The Bertz CT molecular complexity index is 1240. The van der Waals surface area contributed by atoms with E-state index in [2.05, 4.69) is 15.3 Å². The van der Waals surface area contributed by atoms with E-state index in [0.29, 0.717) is 53.6 Å². The lowest BCUT2D eigenvalue weighted by molar-refractivity contribution is -0.121. The first-order valence-corrected chi connectivity index (χ1v) is 11.3. The van der Waals surface area contributed by atoms with E-state index in [-0.39, 0.29) is 12.3 Å². The summed E-state index contributed by atoms with van der Waals surface area (Å²) in [4.78, 5) is 20.8. The molecule has 1 amide bonds. The van der Waals surface area contributed by atoms with Crippen LogP contribution < -0.4 is 14.8 Å². The van der Waals surface area contributed by atoms with Crippen LogP contribution >= 0.6 is 11.6 Å². The second kappa shape index (κ2) is 11.3. The van der Waals surface area contributed by atoms with Gasteiger partial charge in [0.25, 0.3) is 0 Å². The van der Waals surface area contributed by atoms with Crippen molar-refractivity contribution in [2.24, 2.45) is 0 Å². The second-order valence-corrected chi connectivity index (χ2v) is 7.77. The van der Waals surface area contributed by atoms with Crippen molar-refractivity contribution in [3.05, 3.63) is 89.5 Å². The first kappa shape index (κ1) is 23.3. The molecule has 0 radical (unpaired) electrons. The Morgan fingerprint density at radius 2 is 1.79 bits per heavy atom. The number of ether oxygens (including phenoxy) is 2. The quantitative estimate of drug-likeness (QED) is 0.309. The largest absolute Gasteiger partial charge is 0.490 e. The van der Waals surface area contributed by atoms with Gasteiger partial charge in [-0.05, 0) is 36.8 Å². The molecule has 4 aromatic rings. The summed E-state index contributed by atoms with van der Waals surface area (Å²) in [6.45, 7) is 2.82. The molecule has 0 aliphatic heterocycles. The van der Waals surface area contributed by atoms with Crippen molar-refractivity contribution >= 4 is 17.5 Å². The molecule has 0 unspecified atom stereocenters. The average molecular weight is 478 g/mol. The fourth-order valence-electron chi connectivity index (χ4n) is 3.22. The second-order valence-electron chi connectivity index (χ2n) is 7.36. The van der Waals surface area contributed by atoms with Gasteiger partial charge < -0.3 is 19.2 Å². The SMILES string of the molecule is CCOc1ccccc1Oc1ccc(CNC(=O)CCc2ncc(-c3ccccc3Cl)o2)cn1. The van der Waals surface area contributed by atoms with E-state index in [1.807, 2.05) is 55.5 Å². The molecule has 1 N–H and O–H groups in total. The molecule has 7 nitrogen and oxygen atoms in total. The molecule has 4 rings (SSSR count). The van der Waals surface area contributed by atoms with Crippen LogP contribution in [0.3, 0.4) is 0 Å². The number of aromatic nitrogens is 2. The minimum atomic E-state index is -0.108. The van der Waals surface area contributed by atoms with Crippen LogP contribution in [0.4, 0.5) is 0 Å². The van der Waals surface area contributed by atoms with Crippen LogP contribution in [0.25, 0.3) is 11.3 Å². The number of rotatable bonds is 10. The molecule has 34 heavy (non-hydrogen) atoms. The van der Waals surface area contributed by atoms with Gasteiger partial charge in [0.2, 0.25) is 11.8 Å². The molecular weight excluding hydrogens is 454 g/mol. The Morgan fingerprint density at radius 1 is 1.00 bits per heavy atom. The Balaban J connectivity index is 1.25. The number of carbonyl (C=O) groups is 1. The smallest absolute Gasteiger partial charge is 0.220 e. The molecule has 0 spiro atoms. The monoisotopic (exact) mass is 477 g/mol. The number of benzene rings is 2. The highest BCUT2D eigenvalue weighted by molar-refractivity contribution is 6.33. The van der Waals surface area contributed by atoms with Gasteiger partial charge in [0.1, 0.15) is 0 Å². The van der Waals surface area contributed by atoms with E-state index >= 15 is 0 Å². The van der Waals surface area contributed by atoms with Crippen LogP contribution in [0.5, 0.6) is 17.4 Å². The maximum atomic E-state index is 12.3. The van der Waals surface area contributed by atoms with Gasteiger partial charge in [-0.25, -0.2) is 9.97 Å². The van der Waals surface area contributed by atoms with Gasteiger partial charge in [0, 0.05) is 37.2 Å². The molecular formula is C26H24ClN3O4. The van der Waals surface area contributed by atoms with E-state index in [1.165, 1.54) is 0 Å². The molecule has 2 heterocycles. The highest BCUT2D eigenvalue weighted by Crippen LogP contribution is 2.30. The number of halogens is 1. The minimum Gasteiger partial charge on any atom is -0.490 e. The fraction of sp³-hybridized carbons (Fsp3) is 0.192. The van der Waals surface area contributed by atoms with Crippen molar-refractivity contribution in [3.8, 4) is 28.7 Å². The standard InChI is InChI=1S/C26H24ClN3O4/c1-2-32-21-9-5-6-10-22(21)33-25-13-11-18(16-29-25)15-28-24(31)12-14-26-30-17-23(34-26)19-7-3-4-8-20(19)27/h3-11,13,16-17H,2,12,14-15H2,1H3,(H,28,31). The van der Waals surface area contributed by atoms with Crippen LogP contribution in [0, 0.1) is 0 Å². The third-order valence-electron chi connectivity index (χ3n) is 4.91. The Morgan fingerprint density at radius 3 is 2.56 bits per heavy atom. The number of pyridine rings is 1. The number of amides is 1. The first-order chi connectivity index (χ1) is 16.6. The Kier molecular flexibility index (Phi) is 7.78. The molecule has 0 aliphatic carbocycles. The van der Waals surface area contributed by atoms with E-state index in [1.54, 1.807) is 24.5 Å². The van der Waals surface area contributed by atoms with Crippen LogP contribution in [0.15, 0.2) is 77.5 Å². The van der Waals surface area contributed by atoms with E-state index in [4.69, 9.17) is 25.5 Å². The molecule has 0 bridgehead atoms. The van der Waals surface area contributed by atoms with Crippen molar-refractivity contribution < 1.29 is 18.7 Å². The zero-order valence-electron chi connectivity index (χ0n) is 18.7. The highest BCUT2D eigenvalue weighted by atomic mass is 35.5. The minimum absolute atomic E-state index is 0.108. The van der Waals surface area contributed by atoms with Gasteiger partial charge in [-0.2, -0.15) is 0 Å². The first-order valence-electron chi connectivity index (χ1n) is 10.9. The average Bonchev–Trinajstić information content (AvgIpc) is 3.33. The molecule has 2 aromatic carbocycles. The van der Waals surface area contributed by atoms with Gasteiger partial charge in [0.05, 0.1) is 17.8 Å². The zero-order valence-corrected chi connectivity index (χ0v) is 19.4. The van der Waals surface area contributed by atoms with Gasteiger partial charge in [-0.1, -0.05) is 41.9 Å². The molecule has 0 aliphatic rings. The third kappa shape index (κ3) is 6.14. The third-order valence-corrected chi connectivity index (χ3v) is 5.24. The number of aryl methyl sites for hydroxylation is 1. The van der Waals surface area contributed by atoms with Crippen molar-refractivity contribution in [3.63, 3.8) is 0 Å². The Labute approximate surface area is 202 Å². The number of oxazole rings is 1. The molecule has 174 valence electrons. The number of nitrogens with zero attached hydrogens (tertiary/aromatic N) is 2. The maximum absolute atomic E-state index is 12.3. The van der Waals surface area contributed by atoms with E-state index in [0.717, 1.165) is 11.1 Å². The lowest BCUT2D eigenvalue weighted by atomic mass is 10.2. The summed E-state index contributed by atoms with van der Waals surface area (Å²) in [6, 6.07) is 18.4. The fourth-order valence-corrected chi connectivity index (χ4v) is 3.45. The molecule has 0 fully saturated rings. The summed E-state index contributed by atoms with van der Waals surface area (Å²) < 4.78 is 17.1. The highest BCUT2D eigenvalue weighted by Gasteiger charge is 2.11. The predicted octanol–water partition coefficient (Wildman–Crippen LogP) is 5.83. The van der Waals surface area contributed by atoms with Crippen LogP contribution in [0.2, 0.25) is 5.02 Å². The van der Waals surface area contributed by atoms with Crippen molar-refractivity contribution in [1.29, 1.82) is 0 Å². The summed E-state index contributed by atoms with van der Waals surface area (Å²) in [5.41, 5.74) is 1.63. The summed E-state index contributed by atoms with van der Waals surface area (Å²) >= 11 is 6.19. The van der Waals surface area contributed by atoms with Gasteiger partial charge >= 0.3 is 0 Å². The van der Waals surface area contributed by atoms with Gasteiger partial charge in [0.15, 0.2) is 23.1 Å². The zero-order chi connectivity index (χ0) is 23.8. The molecule has 0 saturated heterocycles. The van der Waals surface area contributed by atoms with Gasteiger partial charge in [-0.3, -0.25) is 4.79 Å². The summed E-state index contributed by atoms with van der Waals surface area (Å²) in [6.07, 6.45) is 3.94. The normalized spacial score (nSPS) is 10.6. The van der Waals surface area contributed by atoms with E-state index in [9.17, 15) is 4.79 Å². The molecule has 0 saturated carbocycles. The van der Waals surface area contributed by atoms with Crippen LogP contribution in [-0.2, 0) is 17.8 Å². The number of hydrogen-bond donors (Lipinski definition) is 1. The Hall–Kier alpha value is -3.84. The number of hydrogen-bond acceptors (Lipinski definition) is 6. The van der Waals surface area contributed by atoms with Gasteiger partial charge in [-0.15, -0.1) is 0 Å². The lowest BCUT2D eigenvalue weighted by Gasteiger charge is -2.11.